The minimum Gasteiger partial charge on any atom is -0.311 e. The highest BCUT2D eigenvalue weighted by atomic mass is 79.9. The minimum absolute atomic E-state index is 0.644. The van der Waals surface area contributed by atoms with Gasteiger partial charge in [-0.2, -0.15) is 0 Å². The predicted molar refractivity (Wildman–Crippen MR) is 71.8 cm³/mol. The second-order valence-corrected chi connectivity index (χ2v) is 5.40. The smallest absolute Gasteiger partial charge is 0.0207 e. The normalized spacial score (nSPS) is 22.2. The number of hydrogen-bond donors (Lipinski definition) is 1. The van der Waals surface area contributed by atoms with Crippen LogP contribution in [0.4, 0.5) is 0 Å². The zero-order valence-electron chi connectivity index (χ0n) is 9.75. The molecule has 1 aromatic rings. The van der Waals surface area contributed by atoms with Gasteiger partial charge < -0.3 is 10.2 Å². The Balaban J connectivity index is 1.85. The summed E-state index contributed by atoms with van der Waals surface area (Å²) in [5, 5.41) is 3.58. The highest BCUT2D eigenvalue weighted by Crippen LogP contribution is 2.18. The molecule has 0 aromatic heterocycles. The molecule has 0 spiro atoms. The summed E-state index contributed by atoms with van der Waals surface area (Å²) < 4.78 is 1.24. The van der Waals surface area contributed by atoms with Gasteiger partial charge in [0.1, 0.15) is 0 Å². The van der Waals surface area contributed by atoms with Gasteiger partial charge in [0.05, 0.1) is 0 Å². The lowest BCUT2D eigenvalue weighted by Gasteiger charge is -2.31. The third-order valence-electron chi connectivity index (χ3n) is 3.18. The van der Waals surface area contributed by atoms with Gasteiger partial charge in [-0.05, 0) is 31.5 Å². The molecule has 1 saturated heterocycles. The minimum atomic E-state index is 0.644. The Kier molecular flexibility index (Phi) is 4.38. The van der Waals surface area contributed by atoms with E-state index in [1.54, 1.807) is 0 Å². The monoisotopic (exact) mass is 282 g/mol. The molecule has 1 aromatic carbocycles. The number of halogens is 1. The Bertz CT molecular complexity index is 340. The number of benzene rings is 1. The van der Waals surface area contributed by atoms with Crippen LogP contribution in [-0.4, -0.2) is 37.6 Å². The van der Waals surface area contributed by atoms with Crippen LogP contribution in [0.3, 0.4) is 0 Å². The molecule has 1 fully saturated rings. The first-order chi connectivity index (χ1) is 7.75. The van der Waals surface area contributed by atoms with Crippen molar-refractivity contribution in [3.8, 4) is 0 Å². The molecule has 0 aliphatic carbocycles. The van der Waals surface area contributed by atoms with E-state index in [-0.39, 0.29) is 0 Å². The molecule has 1 N–H and O–H groups in total. The van der Waals surface area contributed by atoms with E-state index in [0.29, 0.717) is 6.04 Å². The van der Waals surface area contributed by atoms with Crippen LogP contribution in [-0.2, 0) is 6.42 Å². The first kappa shape index (κ1) is 12.1. The van der Waals surface area contributed by atoms with Gasteiger partial charge in [0, 0.05) is 30.1 Å². The SMILES string of the molecule is CN1CCNC(CCc2ccccc2Br)C1. The second kappa shape index (κ2) is 5.80. The third kappa shape index (κ3) is 3.30. The van der Waals surface area contributed by atoms with E-state index in [9.17, 15) is 0 Å². The van der Waals surface area contributed by atoms with Crippen molar-refractivity contribution in [2.75, 3.05) is 26.7 Å². The molecule has 2 rings (SSSR count). The Hall–Kier alpha value is -0.380. The number of likely N-dealkylation sites (N-methyl/N-ethyl adjacent to an activating group) is 1. The highest BCUT2D eigenvalue weighted by molar-refractivity contribution is 9.10. The fourth-order valence-corrected chi connectivity index (χ4v) is 2.70. The standard InChI is InChI=1S/C13H19BrN2/c1-16-9-8-15-12(10-16)7-6-11-4-2-3-5-13(11)14/h2-5,12,15H,6-10H2,1H3. The number of nitrogens with zero attached hydrogens (tertiary/aromatic N) is 1. The number of piperazine rings is 1. The molecule has 1 unspecified atom stereocenters. The third-order valence-corrected chi connectivity index (χ3v) is 3.95. The molecule has 1 aliphatic heterocycles. The van der Waals surface area contributed by atoms with Gasteiger partial charge in [0.15, 0.2) is 0 Å². The summed E-state index contributed by atoms with van der Waals surface area (Å²) in [6.07, 6.45) is 2.36. The van der Waals surface area contributed by atoms with Crippen LogP contribution in [0.25, 0.3) is 0 Å². The van der Waals surface area contributed by atoms with Crippen LogP contribution in [0.5, 0.6) is 0 Å². The predicted octanol–water partition coefficient (Wildman–Crippen LogP) is 2.29. The average molecular weight is 283 g/mol. The Labute approximate surface area is 106 Å². The molecule has 0 amide bonds. The zero-order valence-corrected chi connectivity index (χ0v) is 11.3. The molecule has 1 atom stereocenters. The lowest BCUT2D eigenvalue weighted by molar-refractivity contribution is 0.232. The van der Waals surface area contributed by atoms with Crippen molar-refractivity contribution in [1.82, 2.24) is 10.2 Å². The van der Waals surface area contributed by atoms with E-state index in [1.165, 1.54) is 29.5 Å². The Morgan fingerprint density at radius 3 is 3.00 bits per heavy atom. The molecule has 0 bridgehead atoms. The molecule has 3 heteroatoms. The number of hydrogen-bond acceptors (Lipinski definition) is 2. The van der Waals surface area contributed by atoms with Crippen LogP contribution in [0.2, 0.25) is 0 Å². The van der Waals surface area contributed by atoms with Crippen molar-refractivity contribution in [2.24, 2.45) is 0 Å². The van der Waals surface area contributed by atoms with Crippen molar-refractivity contribution < 1.29 is 0 Å². The molecule has 2 nitrogen and oxygen atoms in total. The topological polar surface area (TPSA) is 15.3 Å². The largest absolute Gasteiger partial charge is 0.311 e. The Morgan fingerprint density at radius 2 is 2.25 bits per heavy atom. The van der Waals surface area contributed by atoms with E-state index in [0.717, 1.165) is 13.0 Å². The zero-order chi connectivity index (χ0) is 11.4. The molecular weight excluding hydrogens is 264 g/mol. The molecular formula is C13H19BrN2. The first-order valence-corrected chi connectivity index (χ1v) is 6.70. The van der Waals surface area contributed by atoms with Crippen LogP contribution in [0.1, 0.15) is 12.0 Å². The maximum Gasteiger partial charge on any atom is 0.0207 e. The first-order valence-electron chi connectivity index (χ1n) is 5.91. The fraction of sp³-hybridized carbons (Fsp3) is 0.538. The molecule has 1 heterocycles. The van der Waals surface area contributed by atoms with Crippen LogP contribution < -0.4 is 5.32 Å². The average Bonchev–Trinajstić information content (AvgIpc) is 2.28. The van der Waals surface area contributed by atoms with Gasteiger partial charge in [0.2, 0.25) is 0 Å². The van der Waals surface area contributed by atoms with Crippen LogP contribution >= 0.6 is 15.9 Å². The second-order valence-electron chi connectivity index (χ2n) is 4.54. The Morgan fingerprint density at radius 1 is 1.44 bits per heavy atom. The maximum absolute atomic E-state index is 3.60. The van der Waals surface area contributed by atoms with E-state index >= 15 is 0 Å². The molecule has 88 valence electrons. The van der Waals surface area contributed by atoms with Crippen molar-refractivity contribution in [1.29, 1.82) is 0 Å². The van der Waals surface area contributed by atoms with Gasteiger partial charge in [-0.15, -0.1) is 0 Å². The quantitative estimate of drug-likeness (QED) is 0.915. The van der Waals surface area contributed by atoms with E-state index < -0.39 is 0 Å². The van der Waals surface area contributed by atoms with Crippen molar-refractivity contribution in [3.63, 3.8) is 0 Å². The summed E-state index contributed by atoms with van der Waals surface area (Å²) in [5.41, 5.74) is 1.41. The van der Waals surface area contributed by atoms with E-state index in [4.69, 9.17) is 0 Å². The summed E-state index contributed by atoms with van der Waals surface area (Å²) in [6.45, 7) is 3.47. The van der Waals surface area contributed by atoms with Crippen molar-refractivity contribution in [2.45, 2.75) is 18.9 Å². The highest BCUT2D eigenvalue weighted by Gasteiger charge is 2.16. The summed E-state index contributed by atoms with van der Waals surface area (Å²) in [7, 11) is 2.20. The molecule has 0 saturated carbocycles. The van der Waals surface area contributed by atoms with Crippen LogP contribution in [0.15, 0.2) is 28.7 Å². The molecule has 16 heavy (non-hydrogen) atoms. The van der Waals surface area contributed by atoms with E-state index in [1.807, 2.05) is 0 Å². The molecule has 1 aliphatic rings. The maximum atomic E-state index is 3.60. The molecule has 0 radical (unpaired) electrons. The lowest BCUT2D eigenvalue weighted by atomic mass is 10.0. The summed E-state index contributed by atoms with van der Waals surface area (Å²) in [4.78, 5) is 2.40. The number of aryl methyl sites for hydroxylation is 1. The van der Waals surface area contributed by atoms with Gasteiger partial charge in [-0.1, -0.05) is 34.1 Å². The van der Waals surface area contributed by atoms with E-state index in [2.05, 4.69) is 57.5 Å². The summed E-state index contributed by atoms with van der Waals surface area (Å²) in [6, 6.07) is 9.15. The van der Waals surface area contributed by atoms with Gasteiger partial charge in [-0.25, -0.2) is 0 Å². The number of nitrogens with one attached hydrogen (secondary N) is 1. The van der Waals surface area contributed by atoms with Gasteiger partial charge in [0.25, 0.3) is 0 Å². The van der Waals surface area contributed by atoms with Crippen molar-refractivity contribution in [3.05, 3.63) is 34.3 Å². The van der Waals surface area contributed by atoms with Crippen LogP contribution in [0, 0.1) is 0 Å². The summed E-state index contributed by atoms with van der Waals surface area (Å²) >= 11 is 3.60. The summed E-state index contributed by atoms with van der Waals surface area (Å²) in [5.74, 6) is 0. The number of rotatable bonds is 3. The lowest BCUT2D eigenvalue weighted by Crippen LogP contribution is -2.49. The van der Waals surface area contributed by atoms with Gasteiger partial charge in [-0.3, -0.25) is 0 Å². The fourth-order valence-electron chi connectivity index (χ4n) is 2.22. The van der Waals surface area contributed by atoms with Gasteiger partial charge >= 0.3 is 0 Å². The van der Waals surface area contributed by atoms with Crippen molar-refractivity contribution >= 4 is 15.9 Å².